The van der Waals surface area contributed by atoms with Gasteiger partial charge in [0.05, 0.1) is 18.2 Å². The van der Waals surface area contributed by atoms with Crippen LogP contribution in [-0.2, 0) is 6.54 Å². The minimum absolute atomic E-state index is 0.187. The quantitative estimate of drug-likeness (QED) is 0.564. The Morgan fingerprint density at radius 2 is 1.93 bits per heavy atom. The molecule has 1 aromatic heterocycles. The molecule has 3 rings (SSSR count). The van der Waals surface area contributed by atoms with E-state index in [4.69, 9.17) is 16.3 Å². The zero-order chi connectivity index (χ0) is 21.0. The molecule has 0 aliphatic carbocycles. The van der Waals surface area contributed by atoms with Crippen molar-refractivity contribution in [1.82, 2.24) is 9.78 Å². The second kappa shape index (κ2) is 9.09. The lowest BCUT2D eigenvalue weighted by Gasteiger charge is -2.14. The van der Waals surface area contributed by atoms with Gasteiger partial charge in [-0.1, -0.05) is 49.6 Å². The molecule has 0 fully saturated rings. The Bertz CT molecular complexity index is 1110. The van der Waals surface area contributed by atoms with E-state index in [2.05, 4.69) is 17.3 Å². The predicted molar refractivity (Wildman–Crippen MR) is 116 cm³/mol. The molecule has 0 atom stereocenters. The van der Waals surface area contributed by atoms with Crippen LogP contribution >= 0.6 is 11.6 Å². The standard InChI is InChI=1S/C22H24ClN3O3/c1-4-5-8-11-26-22(28)16-10-7-6-9-15(16)20(25-26)21(27)24-18-12-14(2)17(23)13-19(18)29-3/h6-7,9-10,12-13H,4-5,8,11H2,1-3H3,(H,24,27). The van der Waals surface area contributed by atoms with E-state index < -0.39 is 5.91 Å². The first-order valence-electron chi connectivity index (χ1n) is 9.61. The zero-order valence-corrected chi connectivity index (χ0v) is 17.5. The molecule has 0 bridgehead atoms. The maximum absolute atomic E-state index is 13.1. The number of carbonyl (C=O) groups excluding carboxylic acids is 1. The first-order valence-corrected chi connectivity index (χ1v) is 9.99. The van der Waals surface area contributed by atoms with Crippen molar-refractivity contribution < 1.29 is 9.53 Å². The van der Waals surface area contributed by atoms with Gasteiger partial charge in [-0.05, 0) is 31.0 Å². The van der Waals surface area contributed by atoms with Crippen LogP contribution in [0, 0.1) is 6.92 Å². The van der Waals surface area contributed by atoms with Crippen molar-refractivity contribution in [2.24, 2.45) is 0 Å². The maximum Gasteiger partial charge on any atom is 0.276 e. The Kier molecular flexibility index (Phi) is 6.54. The fraction of sp³-hybridized carbons (Fsp3) is 0.318. The number of amides is 1. The van der Waals surface area contributed by atoms with Gasteiger partial charge in [0.2, 0.25) is 0 Å². The van der Waals surface area contributed by atoms with Crippen LogP contribution in [0.15, 0.2) is 41.2 Å². The Hall–Kier alpha value is -2.86. The average molecular weight is 414 g/mol. The molecule has 0 saturated heterocycles. The number of hydrogen-bond donors (Lipinski definition) is 1. The Balaban J connectivity index is 2.04. The molecule has 0 aliphatic heterocycles. The van der Waals surface area contributed by atoms with Gasteiger partial charge in [0.1, 0.15) is 5.75 Å². The van der Waals surface area contributed by atoms with E-state index in [9.17, 15) is 9.59 Å². The lowest BCUT2D eigenvalue weighted by Crippen LogP contribution is -2.28. The number of ether oxygens (including phenoxy) is 1. The van der Waals surface area contributed by atoms with Gasteiger partial charge >= 0.3 is 0 Å². The van der Waals surface area contributed by atoms with E-state index in [0.29, 0.717) is 33.8 Å². The van der Waals surface area contributed by atoms with Gasteiger partial charge in [-0.25, -0.2) is 4.68 Å². The van der Waals surface area contributed by atoms with Crippen molar-refractivity contribution in [3.05, 3.63) is 63.0 Å². The Labute approximate surface area is 174 Å². The molecule has 0 unspecified atom stereocenters. The minimum atomic E-state index is -0.412. The van der Waals surface area contributed by atoms with Gasteiger partial charge in [0.15, 0.2) is 5.69 Å². The summed E-state index contributed by atoms with van der Waals surface area (Å²) in [6, 6.07) is 10.4. The number of nitrogens with one attached hydrogen (secondary N) is 1. The molecule has 2 aromatic carbocycles. The third-order valence-corrected chi connectivity index (χ3v) is 5.19. The van der Waals surface area contributed by atoms with E-state index in [1.54, 1.807) is 36.4 Å². The molecule has 7 heteroatoms. The van der Waals surface area contributed by atoms with Gasteiger partial charge < -0.3 is 10.1 Å². The van der Waals surface area contributed by atoms with Crippen molar-refractivity contribution in [3.8, 4) is 5.75 Å². The number of fused-ring (bicyclic) bond motifs is 1. The molecule has 1 heterocycles. The van der Waals surface area contributed by atoms with E-state index >= 15 is 0 Å². The number of methoxy groups -OCH3 is 1. The molecule has 1 N–H and O–H groups in total. The molecule has 3 aromatic rings. The first-order chi connectivity index (χ1) is 14.0. The predicted octanol–water partition coefficient (Wildman–Crippen LogP) is 4.81. The van der Waals surface area contributed by atoms with E-state index in [-0.39, 0.29) is 11.3 Å². The third-order valence-electron chi connectivity index (χ3n) is 4.79. The summed E-state index contributed by atoms with van der Waals surface area (Å²) in [5.74, 6) is 0.0417. The van der Waals surface area contributed by atoms with Crippen LogP contribution in [0.5, 0.6) is 5.75 Å². The highest BCUT2D eigenvalue weighted by molar-refractivity contribution is 6.31. The van der Waals surface area contributed by atoms with Crippen LogP contribution in [0.25, 0.3) is 10.8 Å². The molecule has 152 valence electrons. The number of rotatable bonds is 7. The molecule has 0 radical (unpaired) electrons. The first kappa shape index (κ1) is 20.9. The number of anilines is 1. The molecule has 0 spiro atoms. The topological polar surface area (TPSA) is 73.2 Å². The van der Waals surface area contributed by atoms with Crippen molar-refractivity contribution >= 4 is 34.0 Å². The fourth-order valence-electron chi connectivity index (χ4n) is 3.18. The summed E-state index contributed by atoms with van der Waals surface area (Å²) in [5.41, 5.74) is 1.32. The number of aryl methyl sites for hydroxylation is 2. The number of nitrogens with zero attached hydrogens (tertiary/aromatic N) is 2. The molecule has 6 nitrogen and oxygen atoms in total. The van der Waals surface area contributed by atoms with Crippen LogP contribution in [-0.4, -0.2) is 22.8 Å². The zero-order valence-electron chi connectivity index (χ0n) is 16.8. The van der Waals surface area contributed by atoms with Crippen molar-refractivity contribution in [1.29, 1.82) is 0 Å². The third kappa shape index (κ3) is 4.43. The number of carbonyl (C=O) groups is 1. The van der Waals surface area contributed by atoms with E-state index in [0.717, 1.165) is 24.8 Å². The molecule has 29 heavy (non-hydrogen) atoms. The highest BCUT2D eigenvalue weighted by atomic mass is 35.5. The molecule has 1 amide bonds. The normalized spacial score (nSPS) is 10.9. The maximum atomic E-state index is 13.1. The second-order valence-electron chi connectivity index (χ2n) is 6.89. The SMILES string of the molecule is CCCCCn1nc(C(=O)Nc2cc(C)c(Cl)cc2OC)c2ccccc2c1=O. The summed E-state index contributed by atoms with van der Waals surface area (Å²) < 4.78 is 6.73. The van der Waals surface area contributed by atoms with Gasteiger partial charge in [0, 0.05) is 23.0 Å². The minimum Gasteiger partial charge on any atom is -0.495 e. The van der Waals surface area contributed by atoms with Gasteiger partial charge in [-0.2, -0.15) is 5.10 Å². The van der Waals surface area contributed by atoms with Gasteiger partial charge in [-0.15, -0.1) is 0 Å². The van der Waals surface area contributed by atoms with Gasteiger partial charge in [0.25, 0.3) is 11.5 Å². The highest BCUT2D eigenvalue weighted by Gasteiger charge is 2.18. The molecular formula is C22H24ClN3O3. The second-order valence-corrected chi connectivity index (χ2v) is 7.29. The number of hydrogen-bond acceptors (Lipinski definition) is 4. The summed E-state index contributed by atoms with van der Waals surface area (Å²) in [6.45, 7) is 4.41. The summed E-state index contributed by atoms with van der Waals surface area (Å²) in [5, 5.41) is 8.78. The number of benzene rings is 2. The van der Waals surface area contributed by atoms with Crippen LogP contribution in [0.4, 0.5) is 5.69 Å². The Morgan fingerprint density at radius 1 is 1.21 bits per heavy atom. The lowest BCUT2D eigenvalue weighted by atomic mass is 10.1. The highest BCUT2D eigenvalue weighted by Crippen LogP contribution is 2.31. The summed E-state index contributed by atoms with van der Waals surface area (Å²) >= 11 is 6.15. The summed E-state index contributed by atoms with van der Waals surface area (Å²) in [4.78, 5) is 25.9. The monoisotopic (exact) mass is 413 g/mol. The van der Waals surface area contributed by atoms with Crippen molar-refractivity contribution in [2.45, 2.75) is 39.7 Å². The number of halogens is 1. The smallest absolute Gasteiger partial charge is 0.276 e. The van der Waals surface area contributed by atoms with Crippen molar-refractivity contribution in [3.63, 3.8) is 0 Å². The fourth-order valence-corrected chi connectivity index (χ4v) is 3.33. The molecule has 0 saturated carbocycles. The average Bonchev–Trinajstić information content (AvgIpc) is 2.72. The summed E-state index contributed by atoms with van der Waals surface area (Å²) in [7, 11) is 1.51. The van der Waals surface area contributed by atoms with Crippen LogP contribution < -0.4 is 15.6 Å². The number of aromatic nitrogens is 2. The lowest BCUT2D eigenvalue weighted by molar-refractivity contribution is 0.102. The van der Waals surface area contributed by atoms with Crippen LogP contribution in [0.3, 0.4) is 0 Å². The van der Waals surface area contributed by atoms with E-state index in [1.165, 1.54) is 11.8 Å². The van der Waals surface area contributed by atoms with Crippen molar-refractivity contribution in [2.75, 3.05) is 12.4 Å². The van der Waals surface area contributed by atoms with Crippen LogP contribution in [0.2, 0.25) is 5.02 Å². The van der Waals surface area contributed by atoms with Crippen LogP contribution in [0.1, 0.15) is 42.2 Å². The van der Waals surface area contributed by atoms with E-state index in [1.807, 2.05) is 6.92 Å². The van der Waals surface area contributed by atoms with Gasteiger partial charge in [-0.3, -0.25) is 9.59 Å². The largest absolute Gasteiger partial charge is 0.495 e. The molecule has 0 aliphatic rings. The Morgan fingerprint density at radius 3 is 2.62 bits per heavy atom. The summed E-state index contributed by atoms with van der Waals surface area (Å²) in [6.07, 6.45) is 2.85. The number of unbranched alkanes of at least 4 members (excludes halogenated alkanes) is 2. The molecular weight excluding hydrogens is 390 g/mol.